The fraction of sp³-hybridized carbons (Fsp3) is 0.588. The van der Waals surface area contributed by atoms with Crippen molar-refractivity contribution >= 4 is 27.9 Å². The van der Waals surface area contributed by atoms with Crippen molar-refractivity contribution < 1.29 is 88.0 Å². The first-order valence-electron chi connectivity index (χ1n) is 24.1. The summed E-state index contributed by atoms with van der Waals surface area (Å²) in [6, 6.07) is 7.13. The number of hydrogen-bond donors (Lipinski definition) is 8. The Morgan fingerprint density at radius 2 is 1.39 bits per heavy atom. The maximum Gasteiger partial charge on any atom is 0.344 e. The van der Waals surface area contributed by atoms with Gasteiger partial charge in [0.1, 0.15) is 35.1 Å². The van der Waals surface area contributed by atoms with Crippen LogP contribution in [0.3, 0.4) is 0 Å². The highest BCUT2D eigenvalue weighted by molar-refractivity contribution is 6.31. The van der Waals surface area contributed by atoms with Crippen molar-refractivity contribution in [3.05, 3.63) is 75.4 Å². The predicted octanol–water partition coefficient (Wildman–Crippen LogP) is 3.24. The lowest BCUT2D eigenvalue weighted by molar-refractivity contribution is -0.306. The normalized spacial score (nSPS) is 40.8. The predicted molar refractivity (Wildman–Crippen MR) is 243 cm³/mol. The average molecular weight is 977 g/mol. The second-order valence-electron chi connectivity index (χ2n) is 20.4. The van der Waals surface area contributed by atoms with E-state index in [1.165, 1.54) is 49.4 Å². The number of benzene rings is 2. The molecule has 8 N–H and O–H groups in total. The van der Waals surface area contributed by atoms with Crippen LogP contribution in [0.5, 0.6) is 11.5 Å². The standard InChI is InChI=1S/C51H60O19/c1-21-30(53)10-12-37(64-21)70-51-35(55)19-49(5,61)20-50(51,62)15-14-27-42(51)47-40-29(39(48(60)69-47)25-6-8-26(52)9-7-25)16-28(46(59)41(40)45(27)58)33-18-34(44(57)24(4)63-33)68-36-13-11-32(22(2)65-36)67-38-17-31(54)43(56)23(3)66-38/h6-9,14-16,21-24,30-34,36-38,43-44,52-54,56-57,59,61-62H,10-13,17-20H2,1-5H3/t21?,22?,23?,24?,30?,31?,32?,33?,34?,36?,37?,38?,43?,44?,49-,50-,51-/m0/s1. The largest absolute Gasteiger partial charge is 0.508 e. The van der Waals surface area contributed by atoms with E-state index >= 15 is 4.79 Å². The van der Waals surface area contributed by atoms with Crippen LogP contribution in [0.4, 0.5) is 0 Å². The number of aliphatic hydroxyl groups is 6. The summed E-state index contributed by atoms with van der Waals surface area (Å²) in [7, 11) is 0. The van der Waals surface area contributed by atoms with Crippen molar-refractivity contribution in [2.75, 3.05) is 0 Å². The summed E-state index contributed by atoms with van der Waals surface area (Å²) in [6.07, 6.45) is -9.54. The number of aliphatic hydroxyl groups excluding tert-OH is 4. The van der Waals surface area contributed by atoms with Crippen LogP contribution in [0.15, 0.2) is 57.3 Å². The van der Waals surface area contributed by atoms with Crippen molar-refractivity contribution in [2.45, 2.75) is 189 Å². The molecule has 4 aliphatic heterocycles. The molecule has 1 aromatic heterocycles. The number of carbonyl (C=O) groups is 2. The van der Waals surface area contributed by atoms with E-state index in [0.29, 0.717) is 12.8 Å². The monoisotopic (exact) mass is 976 g/mol. The first kappa shape index (κ1) is 49.1. The summed E-state index contributed by atoms with van der Waals surface area (Å²) in [4.78, 5) is 44.9. The lowest BCUT2D eigenvalue weighted by Gasteiger charge is -2.55. The highest BCUT2D eigenvalue weighted by Gasteiger charge is 2.68. The number of hydrogen-bond acceptors (Lipinski definition) is 19. The Labute approximate surface area is 401 Å². The van der Waals surface area contributed by atoms with Gasteiger partial charge in [0, 0.05) is 66.0 Å². The minimum absolute atomic E-state index is 0.0550. The van der Waals surface area contributed by atoms with E-state index in [0.717, 1.165) is 0 Å². The first-order valence-corrected chi connectivity index (χ1v) is 24.1. The zero-order valence-electron chi connectivity index (χ0n) is 39.3. The number of aromatic hydroxyl groups is 2. The molecule has 0 spiro atoms. The number of fused-ring (bicyclic) bond motifs is 3. The smallest absolute Gasteiger partial charge is 0.344 e. The number of allylic oxidation sites excluding steroid dienone is 2. The van der Waals surface area contributed by atoms with Gasteiger partial charge in [0.05, 0.1) is 71.7 Å². The van der Waals surface area contributed by atoms with Crippen LogP contribution in [0.2, 0.25) is 0 Å². The number of Topliss-reactive ketones (excluding diaryl/α,β-unsaturated/α-hetero) is 2. The van der Waals surface area contributed by atoms with E-state index in [9.17, 15) is 50.4 Å². The van der Waals surface area contributed by atoms with Crippen LogP contribution < -0.4 is 5.63 Å². The average Bonchev–Trinajstić information content (AvgIpc) is 3.28. The van der Waals surface area contributed by atoms with Gasteiger partial charge in [-0.15, -0.1) is 0 Å². The Morgan fingerprint density at radius 3 is 2.09 bits per heavy atom. The molecule has 3 aliphatic carbocycles. The fourth-order valence-electron chi connectivity index (χ4n) is 11.6. The number of rotatable bonds is 8. The van der Waals surface area contributed by atoms with E-state index in [4.69, 9.17) is 37.6 Å². The molecule has 7 aliphatic rings. The Morgan fingerprint density at radius 1 is 0.714 bits per heavy atom. The lowest BCUT2D eigenvalue weighted by Crippen LogP contribution is -2.70. The maximum atomic E-state index is 15.3. The summed E-state index contributed by atoms with van der Waals surface area (Å²) in [5.41, 5.74) is -8.19. The Hall–Kier alpha value is -4.45. The summed E-state index contributed by atoms with van der Waals surface area (Å²) >= 11 is 0. The molecule has 70 heavy (non-hydrogen) atoms. The van der Waals surface area contributed by atoms with E-state index in [2.05, 4.69) is 0 Å². The molecule has 14 unspecified atom stereocenters. The third-order valence-electron chi connectivity index (χ3n) is 15.3. The molecule has 1 saturated carbocycles. The molecule has 3 aromatic rings. The van der Waals surface area contributed by atoms with Crippen molar-refractivity contribution in [3.8, 4) is 22.6 Å². The Kier molecular flexibility index (Phi) is 12.6. The minimum Gasteiger partial charge on any atom is -0.508 e. The number of ketones is 2. The number of ether oxygens (including phenoxy) is 7. The molecule has 0 radical (unpaired) electrons. The van der Waals surface area contributed by atoms with Crippen molar-refractivity contribution in [1.82, 2.24) is 0 Å². The first-order chi connectivity index (χ1) is 33.1. The van der Waals surface area contributed by atoms with Gasteiger partial charge in [-0.05, 0) is 77.3 Å². The quantitative estimate of drug-likeness (QED) is 0.161. The minimum atomic E-state index is -2.52. The van der Waals surface area contributed by atoms with Gasteiger partial charge < -0.3 is 78.4 Å². The van der Waals surface area contributed by atoms with Crippen molar-refractivity contribution in [2.24, 2.45) is 0 Å². The van der Waals surface area contributed by atoms with Crippen molar-refractivity contribution in [1.29, 1.82) is 0 Å². The van der Waals surface area contributed by atoms with Crippen molar-refractivity contribution in [3.63, 3.8) is 0 Å². The molecular weight excluding hydrogens is 917 g/mol. The number of phenols is 2. The summed E-state index contributed by atoms with van der Waals surface area (Å²) in [5, 5.41) is 89.2. The summed E-state index contributed by atoms with van der Waals surface area (Å²) in [5.74, 6) is -2.68. The molecular formula is C51H60O19. The summed E-state index contributed by atoms with van der Waals surface area (Å²) < 4.78 is 49.8. The van der Waals surface area contributed by atoms with Crippen LogP contribution in [0.1, 0.15) is 114 Å². The van der Waals surface area contributed by atoms with Gasteiger partial charge in [0.15, 0.2) is 36.0 Å². The fourth-order valence-corrected chi connectivity index (χ4v) is 11.6. The van der Waals surface area contributed by atoms with Crippen LogP contribution in [0, 0.1) is 0 Å². The molecule has 2 aromatic carbocycles. The van der Waals surface area contributed by atoms with Crippen LogP contribution in [-0.4, -0.2) is 149 Å². The summed E-state index contributed by atoms with van der Waals surface area (Å²) in [6.45, 7) is 8.08. The molecule has 0 amide bonds. The lowest BCUT2D eigenvalue weighted by atomic mass is 9.57. The number of carbonyl (C=O) groups excluding carboxylic acids is 2. The van der Waals surface area contributed by atoms with Gasteiger partial charge in [0.2, 0.25) is 0 Å². The Bertz CT molecular complexity index is 2680. The highest BCUT2D eigenvalue weighted by Crippen LogP contribution is 2.58. The number of phenolic OH excluding ortho intramolecular Hbond substituents is 2. The van der Waals surface area contributed by atoms with E-state index in [-0.39, 0.29) is 81.4 Å². The molecule has 17 atom stereocenters. The van der Waals surface area contributed by atoms with E-state index < -0.39 is 139 Å². The molecule has 378 valence electrons. The van der Waals surface area contributed by atoms with Gasteiger partial charge in [0.25, 0.3) is 0 Å². The van der Waals surface area contributed by atoms with Crippen LogP contribution >= 0.6 is 0 Å². The van der Waals surface area contributed by atoms with Gasteiger partial charge in [-0.3, -0.25) is 9.59 Å². The molecule has 4 saturated heterocycles. The van der Waals surface area contributed by atoms with Gasteiger partial charge in [-0.1, -0.05) is 18.2 Å². The zero-order valence-corrected chi connectivity index (χ0v) is 39.3. The van der Waals surface area contributed by atoms with Crippen LogP contribution in [0.25, 0.3) is 27.5 Å². The second kappa shape index (κ2) is 17.9. The molecule has 5 fully saturated rings. The molecule has 5 heterocycles. The second-order valence-corrected chi connectivity index (χ2v) is 20.4. The topological polar surface area (TPSA) is 291 Å². The van der Waals surface area contributed by atoms with Gasteiger partial charge in [-0.25, -0.2) is 4.79 Å². The van der Waals surface area contributed by atoms with Gasteiger partial charge >= 0.3 is 5.63 Å². The molecule has 0 bridgehead atoms. The highest BCUT2D eigenvalue weighted by atomic mass is 16.7. The molecule has 19 heteroatoms. The third-order valence-corrected chi connectivity index (χ3v) is 15.3. The Balaban J connectivity index is 1.04. The van der Waals surface area contributed by atoms with Crippen LogP contribution in [-0.2, 0) is 38.0 Å². The molecule has 10 rings (SSSR count). The molecule has 19 nitrogen and oxygen atoms in total. The zero-order chi connectivity index (χ0) is 49.9. The van der Waals surface area contributed by atoms with Gasteiger partial charge in [-0.2, -0.15) is 0 Å². The van der Waals surface area contributed by atoms with E-state index in [1.807, 2.05) is 0 Å². The third kappa shape index (κ3) is 8.16. The SMILES string of the molecule is CC1OC(O[C@]23C(=O)C[C@](C)(O)C[C@@]2(O)C=CC2=C3c3oc(=O)c(-c4ccc(O)cc4)c4cc(C5CC(OC6CCC(OC7CC(O)C(O)C(C)O7)C(C)O6)C(O)C(C)O5)c(O)c(c34)C2=O)CCC1O. The van der Waals surface area contributed by atoms with E-state index in [1.54, 1.807) is 27.7 Å². The maximum absolute atomic E-state index is 15.3.